The highest BCUT2D eigenvalue weighted by molar-refractivity contribution is 5.99. The molecule has 0 spiro atoms. The number of fused-ring (bicyclic) bond motifs is 1. The lowest BCUT2D eigenvalue weighted by atomic mass is 9.94. The number of rotatable bonds is 15. The Morgan fingerprint density at radius 2 is 1.38 bits per heavy atom. The molecule has 3 aromatic carbocycles. The number of hydrogen-bond acceptors (Lipinski definition) is 6. The molecule has 0 radical (unpaired) electrons. The highest BCUT2D eigenvalue weighted by atomic mass is 16.6. The molecule has 4 N–H and O–H groups in total. The Hall–Kier alpha value is -4.96. The third-order valence-corrected chi connectivity index (χ3v) is 8.27. The topological polar surface area (TPSA) is 142 Å². The molecule has 0 bridgehead atoms. The van der Waals surface area contributed by atoms with E-state index in [2.05, 4.69) is 20.9 Å². The van der Waals surface area contributed by atoms with Gasteiger partial charge in [0.15, 0.2) is 5.78 Å². The van der Waals surface area contributed by atoms with E-state index >= 15 is 0 Å². The van der Waals surface area contributed by atoms with E-state index in [1.807, 2.05) is 105 Å². The molecule has 1 aliphatic heterocycles. The van der Waals surface area contributed by atoms with E-state index in [0.717, 1.165) is 27.6 Å². The number of H-pyrrole nitrogens is 1. The van der Waals surface area contributed by atoms with E-state index in [1.165, 1.54) is 0 Å². The van der Waals surface area contributed by atoms with Crippen LogP contribution in [0, 0.1) is 5.92 Å². The zero-order valence-corrected chi connectivity index (χ0v) is 27.0. The minimum atomic E-state index is -1.06. The first kappa shape index (κ1) is 33.4. The lowest BCUT2D eigenvalue weighted by Crippen LogP contribution is -2.57. The second-order valence-electron chi connectivity index (χ2n) is 12.6. The summed E-state index contributed by atoms with van der Waals surface area (Å²) in [6.07, 6.45) is 1.81. The lowest BCUT2D eigenvalue weighted by molar-refractivity contribution is -0.133. The van der Waals surface area contributed by atoms with Crippen molar-refractivity contribution in [1.29, 1.82) is 0 Å². The number of aromatic nitrogens is 1. The van der Waals surface area contributed by atoms with Gasteiger partial charge in [0, 0.05) is 23.5 Å². The normalized spacial score (nSPS) is 17.4. The van der Waals surface area contributed by atoms with Gasteiger partial charge in [-0.3, -0.25) is 14.4 Å². The van der Waals surface area contributed by atoms with Gasteiger partial charge in [-0.1, -0.05) is 92.7 Å². The van der Waals surface area contributed by atoms with Crippen LogP contribution in [0.4, 0.5) is 4.79 Å². The Kier molecular flexibility index (Phi) is 10.7. The maximum absolute atomic E-state index is 14.1. The monoisotopic (exact) mass is 638 g/mol. The molecule has 0 aliphatic carbocycles. The van der Waals surface area contributed by atoms with E-state index < -0.39 is 41.6 Å². The van der Waals surface area contributed by atoms with Crippen molar-refractivity contribution in [2.75, 3.05) is 6.61 Å². The zero-order valence-electron chi connectivity index (χ0n) is 27.0. The molecule has 10 nitrogen and oxygen atoms in total. The van der Waals surface area contributed by atoms with E-state index in [-0.39, 0.29) is 37.8 Å². The van der Waals surface area contributed by atoms with Crippen LogP contribution in [0.15, 0.2) is 91.1 Å². The fourth-order valence-electron chi connectivity index (χ4n) is 5.56. The van der Waals surface area contributed by atoms with Crippen molar-refractivity contribution < 1.29 is 28.7 Å². The molecule has 1 saturated heterocycles. The minimum Gasteiger partial charge on any atom is -0.445 e. The van der Waals surface area contributed by atoms with Crippen LogP contribution < -0.4 is 16.0 Å². The summed E-state index contributed by atoms with van der Waals surface area (Å²) >= 11 is 0. The quantitative estimate of drug-likeness (QED) is 0.140. The zero-order chi connectivity index (χ0) is 33.4. The first-order valence-corrected chi connectivity index (χ1v) is 16.0. The number of epoxide rings is 1. The Bertz CT molecular complexity index is 1680. The van der Waals surface area contributed by atoms with E-state index in [9.17, 15) is 19.2 Å². The number of carbonyl (C=O) groups is 4. The number of nitrogens with one attached hydrogen (secondary N) is 4. The molecule has 4 atom stereocenters. The van der Waals surface area contributed by atoms with Gasteiger partial charge in [0.2, 0.25) is 11.8 Å². The number of ether oxygens (including phenoxy) is 2. The standard InChI is InChI=1S/C37H42N4O6/c1-24(2)18-31(41-36(45)46-22-26-14-8-5-9-15-26)34(43)40-32(20-27-21-38-29-17-11-10-16-28(27)29)35(44)39-30(33(42)37(3)23-47-37)19-25-12-6-4-7-13-25/h4-17,21,24,30-32,38H,18-20,22-23H2,1-3H3,(H,39,44)(H,40,43)(H,41,45)/t30-,31+,32-,37+/m0/s1. The predicted molar refractivity (Wildman–Crippen MR) is 178 cm³/mol. The molecule has 2 heterocycles. The van der Waals surface area contributed by atoms with Crippen molar-refractivity contribution in [2.45, 2.75) is 70.4 Å². The molecule has 246 valence electrons. The van der Waals surface area contributed by atoms with Crippen molar-refractivity contribution in [3.8, 4) is 0 Å². The van der Waals surface area contributed by atoms with Crippen LogP contribution in [-0.2, 0) is 43.3 Å². The van der Waals surface area contributed by atoms with Crippen LogP contribution >= 0.6 is 0 Å². The maximum atomic E-state index is 14.1. The van der Waals surface area contributed by atoms with Crippen LogP contribution in [0.2, 0.25) is 0 Å². The van der Waals surface area contributed by atoms with Crippen molar-refractivity contribution in [1.82, 2.24) is 20.9 Å². The molecular formula is C37H42N4O6. The number of hydrogen-bond donors (Lipinski definition) is 4. The van der Waals surface area contributed by atoms with Gasteiger partial charge in [0.05, 0.1) is 12.6 Å². The van der Waals surface area contributed by atoms with E-state index in [1.54, 1.807) is 6.92 Å². The number of para-hydroxylation sites is 1. The first-order valence-electron chi connectivity index (χ1n) is 16.0. The van der Waals surface area contributed by atoms with Crippen molar-refractivity contribution in [2.24, 2.45) is 5.92 Å². The lowest BCUT2D eigenvalue weighted by Gasteiger charge is -2.26. The molecule has 1 aliphatic rings. The number of Topliss-reactive ketones (excluding diaryl/α,β-unsaturated/α-hetero) is 1. The molecule has 0 unspecified atom stereocenters. The van der Waals surface area contributed by atoms with Crippen LogP contribution in [0.1, 0.15) is 43.9 Å². The summed E-state index contributed by atoms with van der Waals surface area (Å²) in [5, 5.41) is 9.42. The summed E-state index contributed by atoms with van der Waals surface area (Å²) in [7, 11) is 0. The number of amides is 3. The average molecular weight is 639 g/mol. The van der Waals surface area contributed by atoms with Crippen molar-refractivity contribution in [3.05, 3.63) is 108 Å². The van der Waals surface area contributed by atoms with E-state index in [0.29, 0.717) is 6.42 Å². The number of benzene rings is 3. The SMILES string of the molecule is CC(C)C[C@@H](NC(=O)OCc1ccccc1)C(=O)N[C@@H](Cc1c[nH]c2ccccc12)C(=O)N[C@@H](Cc1ccccc1)C(=O)[C@@]1(C)CO1. The molecule has 3 amide bonds. The Labute approximate surface area is 274 Å². The number of carbonyl (C=O) groups excluding carboxylic acids is 4. The van der Waals surface area contributed by atoms with Crippen LogP contribution in [0.25, 0.3) is 10.9 Å². The largest absolute Gasteiger partial charge is 0.445 e. The maximum Gasteiger partial charge on any atom is 0.408 e. The highest BCUT2D eigenvalue weighted by Crippen LogP contribution is 2.29. The Morgan fingerprint density at radius 3 is 2.04 bits per heavy atom. The fraction of sp³-hybridized carbons (Fsp3) is 0.351. The van der Waals surface area contributed by atoms with Gasteiger partial charge in [-0.15, -0.1) is 0 Å². The van der Waals surface area contributed by atoms with Gasteiger partial charge in [0.1, 0.15) is 24.3 Å². The van der Waals surface area contributed by atoms with Crippen LogP contribution in [0.5, 0.6) is 0 Å². The second kappa shape index (κ2) is 15.1. The molecule has 0 saturated carbocycles. The summed E-state index contributed by atoms with van der Waals surface area (Å²) in [6.45, 7) is 5.92. The number of alkyl carbamates (subject to hydrolysis) is 1. The van der Waals surface area contributed by atoms with Crippen molar-refractivity contribution in [3.63, 3.8) is 0 Å². The molecular weight excluding hydrogens is 596 g/mol. The Balaban J connectivity index is 1.36. The summed E-state index contributed by atoms with van der Waals surface area (Å²) < 4.78 is 10.8. The van der Waals surface area contributed by atoms with Gasteiger partial charge < -0.3 is 30.4 Å². The molecule has 47 heavy (non-hydrogen) atoms. The summed E-state index contributed by atoms with van der Waals surface area (Å²) in [5.41, 5.74) is 2.44. The number of ketones is 1. The number of aromatic amines is 1. The van der Waals surface area contributed by atoms with Gasteiger partial charge in [-0.2, -0.15) is 0 Å². The average Bonchev–Trinajstić information content (AvgIpc) is 3.70. The fourth-order valence-corrected chi connectivity index (χ4v) is 5.56. The smallest absolute Gasteiger partial charge is 0.408 e. The highest BCUT2D eigenvalue weighted by Gasteiger charge is 2.50. The first-order chi connectivity index (χ1) is 22.6. The van der Waals surface area contributed by atoms with E-state index in [4.69, 9.17) is 9.47 Å². The summed E-state index contributed by atoms with van der Waals surface area (Å²) in [5.74, 6) is -1.23. The van der Waals surface area contributed by atoms with Crippen LogP contribution in [0.3, 0.4) is 0 Å². The Morgan fingerprint density at radius 1 is 0.787 bits per heavy atom. The molecule has 4 aromatic rings. The predicted octanol–water partition coefficient (Wildman–Crippen LogP) is 4.62. The van der Waals surface area contributed by atoms with Crippen LogP contribution in [-0.4, -0.2) is 59.0 Å². The van der Waals surface area contributed by atoms with Gasteiger partial charge in [0.25, 0.3) is 0 Å². The molecule has 1 aromatic heterocycles. The minimum absolute atomic E-state index is 0.0493. The van der Waals surface area contributed by atoms with Crippen molar-refractivity contribution >= 4 is 34.6 Å². The molecule has 10 heteroatoms. The van der Waals surface area contributed by atoms with Gasteiger partial charge >= 0.3 is 6.09 Å². The summed E-state index contributed by atoms with van der Waals surface area (Å²) in [6, 6.07) is 23.5. The summed E-state index contributed by atoms with van der Waals surface area (Å²) in [4.78, 5) is 57.4. The third kappa shape index (κ3) is 9.07. The third-order valence-electron chi connectivity index (χ3n) is 8.27. The second-order valence-corrected chi connectivity index (χ2v) is 12.6. The van der Waals surface area contributed by atoms with Gasteiger partial charge in [-0.05, 0) is 48.4 Å². The molecule has 5 rings (SSSR count). The van der Waals surface area contributed by atoms with Gasteiger partial charge in [-0.25, -0.2) is 4.79 Å². The molecule has 1 fully saturated rings.